The molecular formula is C12H19NOS. The van der Waals surface area contributed by atoms with Crippen LogP contribution in [0.15, 0.2) is 23.1 Å². The van der Waals surface area contributed by atoms with Crippen LogP contribution in [0.1, 0.15) is 18.4 Å². The Kier molecular flexibility index (Phi) is 5.58. The first kappa shape index (κ1) is 12.4. The normalized spacial score (nSPS) is 10.3. The molecule has 0 bridgehead atoms. The van der Waals surface area contributed by atoms with Crippen molar-refractivity contribution in [1.29, 1.82) is 0 Å². The zero-order valence-electron chi connectivity index (χ0n) is 9.45. The largest absolute Gasteiger partial charge is 0.496 e. The van der Waals surface area contributed by atoms with Crippen LogP contribution in [0.25, 0.3) is 0 Å². The van der Waals surface area contributed by atoms with Crippen LogP contribution in [0.5, 0.6) is 5.75 Å². The van der Waals surface area contributed by atoms with Crippen molar-refractivity contribution in [3.05, 3.63) is 23.8 Å². The van der Waals surface area contributed by atoms with Crippen LogP contribution in [-0.2, 0) is 0 Å². The molecule has 2 nitrogen and oxygen atoms in total. The first-order valence-corrected chi connectivity index (χ1v) is 6.24. The van der Waals surface area contributed by atoms with Crippen LogP contribution in [0, 0.1) is 6.92 Å². The molecule has 84 valence electrons. The van der Waals surface area contributed by atoms with Crippen LogP contribution in [0.3, 0.4) is 0 Å². The number of thioether (sulfide) groups is 1. The monoisotopic (exact) mass is 225 g/mol. The summed E-state index contributed by atoms with van der Waals surface area (Å²) < 4.78 is 5.22. The van der Waals surface area contributed by atoms with E-state index in [2.05, 4.69) is 19.1 Å². The Morgan fingerprint density at radius 2 is 2.13 bits per heavy atom. The van der Waals surface area contributed by atoms with E-state index in [1.165, 1.54) is 16.9 Å². The van der Waals surface area contributed by atoms with Crippen molar-refractivity contribution < 1.29 is 4.74 Å². The third-order valence-electron chi connectivity index (χ3n) is 2.23. The Labute approximate surface area is 96.2 Å². The number of benzene rings is 1. The molecule has 3 heteroatoms. The van der Waals surface area contributed by atoms with E-state index in [-0.39, 0.29) is 0 Å². The topological polar surface area (TPSA) is 35.2 Å². The van der Waals surface area contributed by atoms with E-state index in [1.807, 2.05) is 17.8 Å². The summed E-state index contributed by atoms with van der Waals surface area (Å²) in [4.78, 5) is 1.31. The summed E-state index contributed by atoms with van der Waals surface area (Å²) in [5.74, 6) is 2.10. The third kappa shape index (κ3) is 4.14. The lowest BCUT2D eigenvalue weighted by Crippen LogP contribution is -1.98. The van der Waals surface area contributed by atoms with Gasteiger partial charge in [-0.05, 0) is 55.8 Å². The molecule has 0 fully saturated rings. The van der Waals surface area contributed by atoms with Crippen LogP contribution < -0.4 is 10.5 Å². The van der Waals surface area contributed by atoms with Gasteiger partial charge < -0.3 is 10.5 Å². The average molecular weight is 225 g/mol. The Balaban J connectivity index is 2.45. The van der Waals surface area contributed by atoms with E-state index in [4.69, 9.17) is 10.5 Å². The van der Waals surface area contributed by atoms with Gasteiger partial charge in [0.25, 0.3) is 0 Å². The Morgan fingerprint density at radius 1 is 1.33 bits per heavy atom. The smallest absolute Gasteiger partial charge is 0.121 e. The molecule has 0 amide bonds. The number of aryl methyl sites for hydroxylation is 1. The molecule has 15 heavy (non-hydrogen) atoms. The highest BCUT2D eigenvalue weighted by molar-refractivity contribution is 7.99. The van der Waals surface area contributed by atoms with Crippen molar-refractivity contribution in [2.45, 2.75) is 24.7 Å². The summed E-state index contributed by atoms with van der Waals surface area (Å²) in [6.45, 7) is 2.87. The van der Waals surface area contributed by atoms with Crippen molar-refractivity contribution in [3.8, 4) is 5.75 Å². The fourth-order valence-electron chi connectivity index (χ4n) is 1.38. The average Bonchev–Trinajstić information content (AvgIpc) is 2.25. The van der Waals surface area contributed by atoms with Gasteiger partial charge in [0.1, 0.15) is 5.75 Å². The fraction of sp³-hybridized carbons (Fsp3) is 0.500. The second-order valence-electron chi connectivity index (χ2n) is 3.48. The van der Waals surface area contributed by atoms with Gasteiger partial charge in [0, 0.05) is 4.90 Å². The number of methoxy groups -OCH3 is 1. The molecule has 1 aromatic carbocycles. The molecule has 0 aromatic heterocycles. The van der Waals surface area contributed by atoms with E-state index in [0.29, 0.717) is 0 Å². The summed E-state index contributed by atoms with van der Waals surface area (Å²) >= 11 is 1.88. The maximum Gasteiger partial charge on any atom is 0.121 e. The van der Waals surface area contributed by atoms with E-state index in [0.717, 1.165) is 24.5 Å². The quantitative estimate of drug-likeness (QED) is 0.597. The number of hydrogen-bond acceptors (Lipinski definition) is 3. The minimum absolute atomic E-state index is 0.794. The maximum absolute atomic E-state index is 5.44. The van der Waals surface area contributed by atoms with Gasteiger partial charge in [-0.3, -0.25) is 0 Å². The molecule has 0 spiro atoms. The van der Waals surface area contributed by atoms with Crippen LogP contribution >= 0.6 is 11.8 Å². The fourth-order valence-corrected chi connectivity index (χ4v) is 2.39. The highest BCUT2D eigenvalue weighted by Gasteiger charge is 2.00. The Bertz CT molecular complexity index is 302. The minimum atomic E-state index is 0.794. The van der Waals surface area contributed by atoms with Crippen molar-refractivity contribution in [2.24, 2.45) is 5.73 Å². The molecule has 0 saturated heterocycles. The number of nitrogens with two attached hydrogens (primary N) is 1. The van der Waals surface area contributed by atoms with Gasteiger partial charge in [-0.1, -0.05) is 0 Å². The van der Waals surface area contributed by atoms with Crippen LogP contribution in [-0.4, -0.2) is 19.4 Å². The molecule has 0 unspecified atom stereocenters. The second-order valence-corrected chi connectivity index (χ2v) is 4.64. The molecule has 0 saturated carbocycles. The SMILES string of the molecule is COc1ccc(SCCCCN)cc1C. The Hall–Kier alpha value is -0.670. The first-order chi connectivity index (χ1) is 7.27. The lowest BCUT2D eigenvalue weighted by molar-refractivity contribution is 0.411. The van der Waals surface area contributed by atoms with Gasteiger partial charge in [0.15, 0.2) is 0 Å². The lowest BCUT2D eigenvalue weighted by Gasteiger charge is -2.06. The minimum Gasteiger partial charge on any atom is -0.496 e. The van der Waals surface area contributed by atoms with E-state index < -0.39 is 0 Å². The van der Waals surface area contributed by atoms with Crippen LogP contribution in [0.4, 0.5) is 0 Å². The maximum atomic E-state index is 5.44. The molecule has 0 aliphatic carbocycles. The molecule has 1 rings (SSSR count). The van der Waals surface area contributed by atoms with Gasteiger partial charge in [0.05, 0.1) is 7.11 Å². The van der Waals surface area contributed by atoms with E-state index >= 15 is 0 Å². The molecule has 2 N–H and O–H groups in total. The summed E-state index contributed by atoms with van der Waals surface area (Å²) in [5, 5.41) is 0. The van der Waals surface area contributed by atoms with Gasteiger partial charge in [-0.15, -0.1) is 11.8 Å². The second kappa shape index (κ2) is 6.75. The third-order valence-corrected chi connectivity index (χ3v) is 3.31. The molecule has 1 aromatic rings. The van der Waals surface area contributed by atoms with Crippen molar-refractivity contribution in [1.82, 2.24) is 0 Å². The summed E-state index contributed by atoms with van der Waals surface area (Å²) in [7, 11) is 1.70. The zero-order chi connectivity index (χ0) is 11.1. The van der Waals surface area contributed by atoms with Gasteiger partial charge in [-0.2, -0.15) is 0 Å². The predicted molar refractivity (Wildman–Crippen MR) is 66.7 cm³/mol. The predicted octanol–water partition coefficient (Wildman–Crippen LogP) is 2.83. The molecule has 0 heterocycles. The summed E-state index contributed by atoms with van der Waals surface area (Å²) in [6.07, 6.45) is 2.30. The van der Waals surface area contributed by atoms with Crippen molar-refractivity contribution >= 4 is 11.8 Å². The molecule has 0 aliphatic rings. The highest BCUT2D eigenvalue weighted by atomic mass is 32.2. The molecule has 0 aliphatic heterocycles. The van der Waals surface area contributed by atoms with Crippen molar-refractivity contribution in [3.63, 3.8) is 0 Å². The molecule has 0 radical (unpaired) electrons. The van der Waals surface area contributed by atoms with E-state index in [1.54, 1.807) is 7.11 Å². The highest BCUT2D eigenvalue weighted by Crippen LogP contribution is 2.25. The number of rotatable bonds is 6. The zero-order valence-corrected chi connectivity index (χ0v) is 10.3. The van der Waals surface area contributed by atoms with Gasteiger partial charge >= 0.3 is 0 Å². The summed E-state index contributed by atoms with van der Waals surface area (Å²) in [5.41, 5.74) is 6.64. The number of ether oxygens (including phenoxy) is 1. The van der Waals surface area contributed by atoms with Gasteiger partial charge in [-0.25, -0.2) is 0 Å². The Morgan fingerprint density at radius 3 is 2.73 bits per heavy atom. The van der Waals surface area contributed by atoms with E-state index in [9.17, 15) is 0 Å². The van der Waals surface area contributed by atoms with Crippen LogP contribution in [0.2, 0.25) is 0 Å². The number of unbranched alkanes of at least 4 members (excludes halogenated alkanes) is 1. The van der Waals surface area contributed by atoms with Gasteiger partial charge in [0.2, 0.25) is 0 Å². The first-order valence-electron chi connectivity index (χ1n) is 5.25. The number of hydrogen-bond donors (Lipinski definition) is 1. The standard InChI is InChI=1S/C12H19NOS/c1-10-9-11(5-6-12(10)14-2)15-8-4-3-7-13/h5-6,9H,3-4,7-8,13H2,1-2H3. The molecule has 0 atom stereocenters. The summed E-state index contributed by atoms with van der Waals surface area (Å²) in [6, 6.07) is 6.31. The molecular weight excluding hydrogens is 206 g/mol. The van der Waals surface area contributed by atoms with Crippen molar-refractivity contribution in [2.75, 3.05) is 19.4 Å². The lowest BCUT2D eigenvalue weighted by atomic mass is 10.2.